The highest BCUT2D eigenvalue weighted by Gasteiger charge is 2.50. The molecule has 0 saturated carbocycles. The van der Waals surface area contributed by atoms with Crippen molar-refractivity contribution in [3.63, 3.8) is 0 Å². The number of hydrogen-bond acceptors (Lipinski definition) is 6. The zero-order chi connectivity index (χ0) is 30.0. The summed E-state index contributed by atoms with van der Waals surface area (Å²) in [5.41, 5.74) is 3.83. The highest BCUT2D eigenvalue weighted by atomic mass is 28.4. The lowest BCUT2D eigenvalue weighted by atomic mass is 9.93. The van der Waals surface area contributed by atoms with Crippen LogP contribution >= 0.6 is 0 Å². The molecule has 1 fully saturated rings. The van der Waals surface area contributed by atoms with Gasteiger partial charge in [-0.25, -0.2) is 0 Å². The van der Waals surface area contributed by atoms with E-state index in [1.165, 1.54) is 12.7 Å². The minimum Gasteiger partial charge on any atom is -0.491 e. The largest absolute Gasteiger partial charge is 0.491 e. The van der Waals surface area contributed by atoms with Gasteiger partial charge in [0.05, 0.1) is 38.4 Å². The molecule has 1 saturated heterocycles. The summed E-state index contributed by atoms with van der Waals surface area (Å²) in [5.74, 6) is 0.341. The second kappa shape index (κ2) is 12.5. The molecular weight excluding hydrogens is 548 g/mol. The van der Waals surface area contributed by atoms with E-state index in [0.29, 0.717) is 13.0 Å². The van der Waals surface area contributed by atoms with Crippen LogP contribution in [0, 0.1) is 5.92 Å². The lowest BCUT2D eigenvalue weighted by Crippen LogP contribution is -2.48. The maximum Gasteiger partial charge on any atom is 0.297 e. The molecule has 0 aliphatic carbocycles. The normalized spacial score (nSPS) is 24.0. The van der Waals surface area contributed by atoms with Gasteiger partial charge in [0.25, 0.3) is 5.56 Å². The molecule has 1 aromatic heterocycles. The summed E-state index contributed by atoms with van der Waals surface area (Å²) in [6, 6.07) is 19.1. The molecule has 2 aliphatic heterocycles. The van der Waals surface area contributed by atoms with Crippen molar-refractivity contribution in [1.82, 2.24) is 9.47 Å². The molecule has 1 amide bonds. The number of aliphatic hydroxyl groups excluding tert-OH is 1. The van der Waals surface area contributed by atoms with Crippen molar-refractivity contribution in [2.45, 2.75) is 76.0 Å². The molecule has 0 bridgehead atoms. The number of carbonyl (C=O) groups is 1. The number of methoxy groups -OCH3 is 1. The highest BCUT2D eigenvalue weighted by Crippen LogP contribution is 2.46. The van der Waals surface area contributed by atoms with Gasteiger partial charge in [-0.1, -0.05) is 43.3 Å². The Morgan fingerprint density at radius 2 is 1.83 bits per heavy atom. The van der Waals surface area contributed by atoms with Gasteiger partial charge in [-0.05, 0) is 79.2 Å². The zero-order valence-electron chi connectivity index (χ0n) is 24.9. The predicted molar refractivity (Wildman–Crippen MR) is 164 cm³/mol. The van der Waals surface area contributed by atoms with Crippen LogP contribution in [0.1, 0.15) is 36.5 Å². The minimum atomic E-state index is -2.66. The summed E-state index contributed by atoms with van der Waals surface area (Å²) in [5, 5.41) is 10.1. The Hall–Kier alpha value is -3.24. The summed E-state index contributed by atoms with van der Waals surface area (Å²) in [4.78, 5) is 39.5. The van der Waals surface area contributed by atoms with Crippen LogP contribution in [-0.4, -0.2) is 65.6 Å². The van der Waals surface area contributed by atoms with E-state index >= 15 is 0 Å². The molecule has 3 aromatic rings. The first kappa shape index (κ1) is 30.2. The average molecular weight is 591 g/mol. The summed E-state index contributed by atoms with van der Waals surface area (Å²) < 4.78 is 13.4. The Morgan fingerprint density at radius 1 is 1.07 bits per heavy atom. The van der Waals surface area contributed by atoms with Gasteiger partial charge in [-0.3, -0.25) is 14.2 Å². The number of ether oxygens (including phenoxy) is 2. The molecule has 3 heterocycles. The summed E-state index contributed by atoms with van der Waals surface area (Å²) in [7, 11) is -1.18. The number of aliphatic hydroxyl groups is 1. The standard InChI is InChI=1S/C33H42N2O6Si/c1-22-28(15-14-23-9-7-12-26(17-23)34-16-8-13-29(40-2)33(34)38)41-30(32(22)42(3,4)39)19-31(37)35-20-25-11-6-5-10-24(25)18-27(35)21-36/h5-13,16-17,22,27-28,30,32,36,39H,14-15,18-21H2,1-4H3/t22-,27-,28+,30-,32+/m0/s1. The number of benzene rings is 2. The Bertz CT molecular complexity index is 1470. The molecule has 42 heavy (non-hydrogen) atoms. The number of rotatable bonds is 9. The molecule has 0 radical (unpaired) electrons. The van der Waals surface area contributed by atoms with Crippen LogP contribution in [0.25, 0.3) is 5.69 Å². The van der Waals surface area contributed by atoms with Crippen molar-refractivity contribution < 1.29 is 24.2 Å². The van der Waals surface area contributed by atoms with E-state index in [-0.39, 0.29) is 60.0 Å². The number of amides is 1. The van der Waals surface area contributed by atoms with Crippen LogP contribution in [0.5, 0.6) is 5.75 Å². The van der Waals surface area contributed by atoms with Gasteiger partial charge in [0.15, 0.2) is 14.1 Å². The molecule has 2 aliphatic rings. The van der Waals surface area contributed by atoms with Crippen LogP contribution in [0.4, 0.5) is 0 Å². The van der Waals surface area contributed by atoms with Crippen molar-refractivity contribution in [3.8, 4) is 11.4 Å². The molecule has 8 nitrogen and oxygen atoms in total. The van der Waals surface area contributed by atoms with Crippen molar-refractivity contribution in [2.24, 2.45) is 5.92 Å². The highest BCUT2D eigenvalue weighted by molar-refractivity contribution is 6.71. The van der Waals surface area contributed by atoms with E-state index in [4.69, 9.17) is 9.47 Å². The van der Waals surface area contributed by atoms with E-state index < -0.39 is 8.32 Å². The summed E-state index contributed by atoms with van der Waals surface area (Å²) in [6.07, 6.45) is 3.54. The second-order valence-electron chi connectivity index (χ2n) is 12.2. The van der Waals surface area contributed by atoms with Crippen LogP contribution in [0.2, 0.25) is 18.6 Å². The molecule has 5 atom stereocenters. The summed E-state index contributed by atoms with van der Waals surface area (Å²) in [6.45, 7) is 6.38. The molecular formula is C33H42N2O6Si. The number of nitrogens with zero attached hydrogens (tertiary/aromatic N) is 2. The lowest BCUT2D eigenvalue weighted by molar-refractivity contribution is -0.138. The fraction of sp³-hybridized carbons (Fsp3) is 0.455. The monoisotopic (exact) mass is 590 g/mol. The van der Waals surface area contributed by atoms with E-state index in [1.807, 2.05) is 55.6 Å². The maximum absolute atomic E-state index is 13.7. The second-order valence-corrected chi connectivity index (χ2v) is 16.2. The van der Waals surface area contributed by atoms with E-state index in [0.717, 1.165) is 29.7 Å². The first-order valence-electron chi connectivity index (χ1n) is 14.8. The van der Waals surface area contributed by atoms with Gasteiger partial charge in [0.1, 0.15) is 0 Å². The van der Waals surface area contributed by atoms with Gasteiger partial charge in [0, 0.05) is 24.0 Å². The third kappa shape index (κ3) is 6.24. The zero-order valence-corrected chi connectivity index (χ0v) is 25.9. The van der Waals surface area contributed by atoms with Crippen molar-refractivity contribution in [1.29, 1.82) is 0 Å². The summed E-state index contributed by atoms with van der Waals surface area (Å²) >= 11 is 0. The van der Waals surface area contributed by atoms with Gasteiger partial charge >= 0.3 is 0 Å². The molecule has 9 heteroatoms. The molecule has 0 unspecified atom stereocenters. The number of hydrogen-bond donors (Lipinski definition) is 2. The van der Waals surface area contributed by atoms with E-state index in [2.05, 4.69) is 13.0 Å². The quantitative estimate of drug-likeness (QED) is 0.364. The molecule has 224 valence electrons. The van der Waals surface area contributed by atoms with Crippen molar-refractivity contribution >= 4 is 14.2 Å². The number of pyridine rings is 1. The number of fused-ring (bicyclic) bond motifs is 1. The Labute approximate surface area is 248 Å². The fourth-order valence-electron chi connectivity index (χ4n) is 6.94. The third-order valence-corrected chi connectivity index (χ3v) is 11.5. The smallest absolute Gasteiger partial charge is 0.297 e. The first-order chi connectivity index (χ1) is 20.1. The number of carbonyl (C=O) groups excluding carboxylic acids is 1. The van der Waals surface area contributed by atoms with Crippen LogP contribution < -0.4 is 10.3 Å². The fourth-order valence-corrected chi connectivity index (χ4v) is 9.55. The Kier molecular flexibility index (Phi) is 9.03. The van der Waals surface area contributed by atoms with Crippen molar-refractivity contribution in [3.05, 3.63) is 93.9 Å². The van der Waals surface area contributed by atoms with E-state index in [1.54, 1.807) is 27.8 Å². The van der Waals surface area contributed by atoms with Gasteiger partial charge in [-0.2, -0.15) is 0 Å². The van der Waals surface area contributed by atoms with E-state index in [9.17, 15) is 19.5 Å². The van der Waals surface area contributed by atoms with Crippen LogP contribution in [0.3, 0.4) is 0 Å². The van der Waals surface area contributed by atoms with Crippen molar-refractivity contribution in [2.75, 3.05) is 13.7 Å². The Balaban J connectivity index is 1.29. The maximum atomic E-state index is 13.7. The topological polar surface area (TPSA) is 101 Å². The van der Waals surface area contributed by atoms with Crippen LogP contribution in [0.15, 0.2) is 71.7 Å². The SMILES string of the molecule is COc1cccn(-c2cccc(CC[C@H]3O[C@@H](CC(=O)N4Cc5ccccc5C[C@H]4CO)[C@H]([Si](C)(C)O)[C@H]3C)c2)c1=O. The molecule has 5 rings (SSSR count). The van der Waals surface area contributed by atoms with Gasteiger partial charge < -0.3 is 24.3 Å². The first-order valence-corrected chi connectivity index (χ1v) is 17.8. The van der Waals surface area contributed by atoms with Gasteiger partial charge in [-0.15, -0.1) is 0 Å². The predicted octanol–water partition coefficient (Wildman–Crippen LogP) is 4.09. The van der Waals surface area contributed by atoms with Gasteiger partial charge in [0.2, 0.25) is 5.91 Å². The minimum absolute atomic E-state index is 0.0407. The molecule has 2 N–H and O–H groups in total. The molecule has 0 spiro atoms. The van der Waals surface area contributed by atoms with Crippen LogP contribution in [-0.2, 0) is 28.9 Å². The average Bonchev–Trinajstić information content (AvgIpc) is 3.30. The Morgan fingerprint density at radius 3 is 2.55 bits per heavy atom. The third-order valence-electron chi connectivity index (χ3n) is 9.02. The number of aromatic nitrogens is 1. The molecule has 2 aromatic carbocycles. The number of aryl methyl sites for hydroxylation is 1. The lowest BCUT2D eigenvalue weighted by Gasteiger charge is -2.37.